The molecule has 2 aromatic carbocycles. The van der Waals surface area contributed by atoms with Crippen LogP contribution in [0.25, 0.3) is 0 Å². The molecule has 2 aromatic rings. The number of carbonyl (C=O) groups is 2. The zero-order valence-electron chi connectivity index (χ0n) is 12.3. The molecule has 0 aromatic heterocycles. The fourth-order valence-electron chi connectivity index (χ4n) is 1.84. The summed E-state index contributed by atoms with van der Waals surface area (Å²) in [5, 5.41) is 21.4. The van der Waals surface area contributed by atoms with Crippen molar-refractivity contribution in [2.75, 3.05) is 18.2 Å². The molecule has 23 heavy (non-hydrogen) atoms. The van der Waals surface area contributed by atoms with Gasteiger partial charge in [0.15, 0.2) is 6.61 Å². The van der Waals surface area contributed by atoms with Crippen molar-refractivity contribution in [1.29, 1.82) is 0 Å². The van der Waals surface area contributed by atoms with Gasteiger partial charge in [-0.3, -0.25) is 4.79 Å². The van der Waals surface area contributed by atoms with Crippen LogP contribution in [0.2, 0.25) is 0 Å². The minimum Gasteiger partial charge on any atom is -0.508 e. The number of rotatable bonds is 5. The van der Waals surface area contributed by atoms with E-state index in [0.29, 0.717) is 5.69 Å². The largest absolute Gasteiger partial charge is 0.508 e. The average molecular weight is 333 g/mol. The molecule has 7 heteroatoms. The zero-order chi connectivity index (χ0) is 16.8. The molecule has 0 saturated heterocycles. The lowest BCUT2D eigenvalue weighted by molar-refractivity contribution is -0.119. The minimum atomic E-state index is -0.851. The van der Waals surface area contributed by atoms with Crippen molar-refractivity contribution < 1.29 is 24.5 Å². The number of thioether (sulfide) groups is 1. The quantitative estimate of drug-likeness (QED) is 0.575. The Bertz CT molecular complexity index is 732. The van der Waals surface area contributed by atoms with Gasteiger partial charge in [-0.25, -0.2) is 4.79 Å². The zero-order valence-corrected chi connectivity index (χ0v) is 13.1. The van der Waals surface area contributed by atoms with Gasteiger partial charge in [0.2, 0.25) is 0 Å². The van der Waals surface area contributed by atoms with Crippen molar-refractivity contribution in [3.63, 3.8) is 0 Å². The van der Waals surface area contributed by atoms with Crippen LogP contribution in [-0.4, -0.2) is 35.0 Å². The molecule has 0 aliphatic heterocycles. The number of ether oxygens (including phenoxy) is 1. The van der Waals surface area contributed by atoms with Crippen LogP contribution in [0, 0.1) is 0 Å². The number of phenols is 2. The van der Waals surface area contributed by atoms with Gasteiger partial charge in [0.1, 0.15) is 17.1 Å². The van der Waals surface area contributed by atoms with E-state index in [2.05, 4.69) is 5.32 Å². The second kappa shape index (κ2) is 7.55. The molecule has 0 radical (unpaired) electrons. The van der Waals surface area contributed by atoms with Crippen LogP contribution in [0.3, 0.4) is 0 Å². The van der Waals surface area contributed by atoms with Gasteiger partial charge in [-0.05, 0) is 30.5 Å². The third-order valence-corrected chi connectivity index (χ3v) is 3.71. The van der Waals surface area contributed by atoms with Crippen molar-refractivity contribution in [2.24, 2.45) is 0 Å². The second-order valence-electron chi connectivity index (χ2n) is 4.53. The normalized spacial score (nSPS) is 10.1. The summed E-state index contributed by atoms with van der Waals surface area (Å²) in [6.07, 6.45) is 1.89. The maximum Gasteiger partial charge on any atom is 0.342 e. The molecule has 0 unspecified atom stereocenters. The summed E-state index contributed by atoms with van der Waals surface area (Å²) in [4.78, 5) is 24.6. The van der Waals surface area contributed by atoms with E-state index in [9.17, 15) is 19.8 Å². The van der Waals surface area contributed by atoms with Crippen molar-refractivity contribution in [2.45, 2.75) is 4.90 Å². The average Bonchev–Trinajstić information content (AvgIpc) is 2.53. The summed E-state index contributed by atoms with van der Waals surface area (Å²) < 4.78 is 4.86. The predicted molar refractivity (Wildman–Crippen MR) is 86.9 cm³/mol. The summed E-state index contributed by atoms with van der Waals surface area (Å²) >= 11 is 1.48. The smallest absolute Gasteiger partial charge is 0.342 e. The molecule has 0 atom stereocenters. The van der Waals surface area contributed by atoms with Gasteiger partial charge in [0.05, 0.1) is 5.69 Å². The highest BCUT2D eigenvalue weighted by atomic mass is 32.2. The number of esters is 1. The Kier molecular flexibility index (Phi) is 5.48. The first-order valence-electron chi connectivity index (χ1n) is 6.63. The number of amides is 1. The first-order chi connectivity index (χ1) is 11.0. The Morgan fingerprint density at radius 2 is 1.91 bits per heavy atom. The lowest BCUT2D eigenvalue weighted by Gasteiger charge is -2.10. The lowest BCUT2D eigenvalue weighted by Crippen LogP contribution is -2.21. The van der Waals surface area contributed by atoms with Gasteiger partial charge in [0.25, 0.3) is 5.91 Å². The van der Waals surface area contributed by atoms with Crippen LogP contribution in [0.1, 0.15) is 10.4 Å². The molecule has 0 heterocycles. The van der Waals surface area contributed by atoms with Gasteiger partial charge in [-0.2, -0.15) is 0 Å². The monoisotopic (exact) mass is 333 g/mol. The van der Waals surface area contributed by atoms with E-state index in [4.69, 9.17) is 4.74 Å². The van der Waals surface area contributed by atoms with E-state index in [1.165, 1.54) is 23.9 Å². The highest BCUT2D eigenvalue weighted by Crippen LogP contribution is 2.25. The summed E-state index contributed by atoms with van der Waals surface area (Å²) in [6.45, 7) is -0.484. The number of aromatic hydroxyl groups is 2. The number of nitrogens with one attached hydrogen (secondary N) is 1. The van der Waals surface area contributed by atoms with E-state index in [1.54, 1.807) is 12.1 Å². The SMILES string of the molecule is CSc1ccccc1NC(=O)COC(=O)c1ccc(O)cc1O. The molecule has 3 N–H and O–H groups in total. The second-order valence-corrected chi connectivity index (χ2v) is 5.37. The van der Waals surface area contributed by atoms with Crippen LogP contribution >= 0.6 is 11.8 Å². The number of anilines is 1. The molecule has 2 rings (SSSR count). The van der Waals surface area contributed by atoms with Crippen LogP contribution in [0.15, 0.2) is 47.4 Å². The van der Waals surface area contributed by atoms with Crippen molar-refractivity contribution >= 4 is 29.3 Å². The minimum absolute atomic E-state index is 0.125. The number of benzene rings is 2. The number of phenolic OH excluding ortho intramolecular Hbond substituents is 2. The lowest BCUT2D eigenvalue weighted by atomic mass is 10.2. The third-order valence-electron chi connectivity index (χ3n) is 2.92. The van der Waals surface area contributed by atoms with Crippen LogP contribution in [0.5, 0.6) is 11.5 Å². The van der Waals surface area contributed by atoms with Gasteiger partial charge >= 0.3 is 5.97 Å². The van der Waals surface area contributed by atoms with E-state index in [0.717, 1.165) is 11.0 Å². The van der Waals surface area contributed by atoms with Gasteiger partial charge in [-0.1, -0.05) is 12.1 Å². The maximum absolute atomic E-state index is 11.9. The van der Waals surface area contributed by atoms with E-state index in [-0.39, 0.29) is 11.3 Å². The van der Waals surface area contributed by atoms with Crippen molar-refractivity contribution in [3.05, 3.63) is 48.0 Å². The number of hydrogen-bond acceptors (Lipinski definition) is 6. The first-order valence-corrected chi connectivity index (χ1v) is 7.85. The molecule has 0 saturated carbocycles. The highest BCUT2D eigenvalue weighted by Gasteiger charge is 2.15. The summed E-state index contributed by atoms with van der Waals surface area (Å²) in [7, 11) is 0. The highest BCUT2D eigenvalue weighted by molar-refractivity contribution is 7.98. The Hall–Kier alpha value is -2.67. The Morgan fingerprint density at radius 1 is 1.17 bits per heavy atom. The van der Waals surface area contributed by atoms with Crippen LogP contribution < -0.4 is 5.32 Å². The number of carbonyl (C=O) groups excluding carboxylic acids is 2. The Balaban J connectivity index is 1.95. The molecule has 0 aliphatic rings. The Morgan fingerprint density at radius 3 is 2.61 bits per heavy atom. The molecular weight excluding hydrogens is 318 g/mol. The molecule has 0 spiro atoms. The van der Waals surface area contributed by atoms with Crippen molar-refractivity contribution in [1.82, 2.24) is 0 Å². The predicted octanol–water partition coefficient (Wildman–Crippen LogP) is 2.62. The number of hydrogen-bond donors (Lipinski definition) is 3. The van der Waals surface area contributed by atoms with Gasteiger partial charge in [0, 0.05) is 11.0 Å². The van der Waals surface area contributed by atoms with Gasteiger partial charge in [-0.15, -0.1) is 11.8 Å². The molecular formula is C16H15NO5S. The molecule has 0 aliphatic carbocycles. The van der Waals surface area contributed by atoms with E-state index < -0.39 is 24.2 Å². The molecule has 0 bridgehead atoms. The summed E-state index contributed by atoms with van der Waals surface area (Å²) in [5.41, 5.74) is 0.508. The molecule has 1 amide bonds. The van der Waals surface area contributed by atoms with Gasteiger partial charge < -0.3 is 20.3 Å². The fraction of sp³-hybridized carbons (Fsp3) is 0.125. The summed E-state index contributed by atoms with van der Waals surface area (Å²) in [5.74, 6) is -1.93. The molecule has 6 nitrogen and oxygen atoms in total. The van der Waals surface area contributed by atoms with Crippen LogP contribution in [0.4, 0.5) is 5.69 Å². The first kappa shape index (κ1) is 16.7. The van der Waals surface area contributed by atoms with Crippen molar-refractivity contribution in [3.8, 4) is 11.5 Å². The maximum atomic E-state index is 11.9. The van der Waals surface area contributed by atoms with Crippen LogP contribution in [-0.2, 0) is 9.53 Å². The summed E-state index contributed by atoms with van der Waals surface area (Å²) in [6, 6.07) is 10.7. The third kappa shape index (κ3) is 4.40. The standard InChI is InChI=1S/C16H15NO5S/c1-23-14-5-3-2-4-12(14)17-15(20)9-22-16(21)11-7-6-10(18)8-13(11)19/h2-8,18-19H,9H2,1H3,(H,17,20). The topological polar surface area (TPSA) is 95.9 Å². The fourth-order valence-corrected chi connectivity index (χ4v) is 2.39. The molecule has 0 fully saturated rings. The Labute approximate surface area is 137 Å². The van der Waals surface area contributed by atoms with E-state index in [1.807, 2.05) is 18.4 Å². The number of para-hydroxylation sites is 1. The van der Waals surface area contributed by atoms with E-state index >= 15 is 0 Å². The molecule has 120 valence electrons.